The molecule has 12 rings (SSSR count). The van der Waals surface area contributed by atoms with Crippen LogP contribution < -0.4 is 9.30 Å². The zero-order chi connectivity index (χ0) is 50.0. The van der Waals surface area contributed by atoms with Crippen molar-refractivity contribution in [2.24, 2.45) is 0 Å². The van der Waals surface area contributed by atoms with E-state index in [4.69, 9.17) is 16.6 Å². The third-order valence-electron chi connectivity index (χ3n) is 13.2. The Hall–Kier alpha value is -8.02. The molecule has 5 nitrogen and oxygen atoms in total. The monoisotopic (exact) mass is 871 g/mol. The van der Waals surface area contributed by atoms with Crippen LogP contribution in [0.4, 0.5) is 0 Å². The summed E-state index contributed by atoms with van der Waals surface area (Å²) in [6.45, 7) is 13.3. The Bertz CT molecular complexity index is 4030. The molecule has 324 valence electrons. The number of hydrogen-bond donors (Lipinski definition) is 0. The lowest BCUT2D eigenvalue weighted by Crippen LogP contribution is -2.35. The molecule has 1 aliphatic rings. The molecule has 11 aromatic rings. The van der Waals surface area contributed by atoms with Crippen LogP contribution in [0.1, 0.15) is 59.5 Å². The van der Waals surface area contributed by atoms with E-state index in [2.05, 4.69) is 177 Å². The Labute approximate surface area is 398 Å². The maximum absolute atomic E-state index is 8.95. The molecule has 0 fully saturated rings. The van der Waals surface area contributed by atoms with Crippen molar-refractivity contribution in [2.45, 2.75) is 52.4 Å². The molecule has 3 aromatic heterocycles. The Morgan fingerprint density at radius 3 is 2.04 bits per heavy atom. The van der Waals surface area contributed by atoms with Crippen LogP contribution in [-0.2, 0) is 10.8 Å². The van der Waals surface area contributed by atoms with Gasteiger partial charge in [-0.25, -0.2) is 4.98 Å². The highest BCUT2D eigenvalue weighted by molar-refractivity contribution is 6.09. The van der Waals surface area contributed by atoms with Gasteiger partial charge in [-0.3, -0.25) is 13.7 Å². The van der Waals surface area contributed by atoms with Crippen LogP contribution >= 0.6 is 0 Å². The lowest BCUT2D eigenvalue weighted by atomic mass is 9.82. The van der Waals surface area contributed by atoms with Gasteiger partial charge in [0.2, 0.25) is 0 Å². The van der Waals surface area contributed by atoms with Crippen molar-refractivity contribution in [2.75, 3.05) is 0 Å². The van der Waals surface area contributed by atoms with E-state index in [1.165, 1.54) is 5.56 Å². The molecule has 0 atom stereocenters. The van der Waals surface area contributed by atoms with Gasteiger partial charge in [0.1, 0.15) is 17.3 Å². The second-order valence-electron chi connectivity index (χ2n) is 19.5. The first-order valence-corrected chi connectivity index (χ1v) is 22.8. The van der Waals surface area contributed by atoms with Gasteiger partial charge in [-0.15, -0.1) is 0 Å². The van der Waals surface area contributed by atoms with Crippen LogP contribution in [0.5, 0.6) is 11.5 Å². The summed E-state index contributed by atoms with van der Waals surface area (Å²) in [5.74, 6) is 2.21. The van der Waals surface area contributed by atoms with Gasteiger partial charge < -0.3 is 4.74 Å². The quantitative estimate of drug-likeness (QED) is 0.128. The van der Waals surface area contributed by atoms with Gasteiger partial charge in [0, 0.05) is 23.0 Å². The third-order valence-corrected chi connectivity index (χ3v) is 13.2. The molecule has 0 radical (unpaired) electrons. The van der Waals surface area contributed by atoms with Gasteiger partial charge in [0.25, 0.3) is 6.33 Å². The lowest BCUT2D eigenvalue weighted by molar-refractivity contribution is -0.572. The summed E-state index contributed by atoms with van der Waals surface area (Å²) in [7, 11) is 0. The average molecular weight is 872 g/mol. The molecular formula is C62H50N4O. The fourth-order valence-electron chi connectivity index (χ4n) is 9.93. The zero-order valence-corrected chi connectivity index (χ0v) is 38.3. The SMILES string of the molecule is [2H]c1c([2H])c([2H])c(-c2ccc3c(c2)-c2cccc(C(C)(C)C)c2-[n+]2[c-]n(-c4cccc(Oc5ccc6c7ccccc7n(-c7cc(C(C)(C)C)ccn7)c6c5)c4)c4cccc(c42)-c2ccccc2-3)c([2H])c1[2H]. The average Bonchev–Trinajstić information content (AvgIpc) is 3.94. The molecule has 0 saturated heterocycles. The third kappa shape index (κ3) is 6.76. The van der Waals surface area contributed by atoms with Crippen molar-refractivity contribution < 1.29 is 16.2 Å². The molecule has 0 unspecified atom stereocenters. The van der Waals surface area contributed by atoms with Crippen molar-refractivity contribution in [3.8, 4) is 73.2 Å². The summed E-state index contributed by atoms with van der Waals surface area (Å²) in [5, 5.41) is 2.25. The highest BCUT2D eigenvalue weighted by Gasteiger charge is 2.29. The molecule has 0 N–H and O–H groups in total. The number of benzene rings is 8. The van der Waals surface area contributed by atoms with Crippen molar-refractivity contribution in [1.82, 2.24) is 14.1 Å². The fourth-order valence-corrected chi connectivity index (χ4v) is 9.93. The minimum Gasteiger partial charge on any atom is -0.458 e. The second-order valence-corrected chi connectivity index (χ2v) is 19.5. The first-order valence-electron chi connectivity index (χ1n) is 25.3. The summed E-state index contributed by atoms with van der Waals surface area (Å²) in [5.41, 5.74) is 14.2. The molecule has 4 heterocycles. The summed E-state index contributed by atoms with van der Waals surface area (Å²) >= 11 is 0. The molecule has 67 heavy (non-hydrogen) atoms. The maximum atomic E-state index is 8.95. The first-order chi connectivity index (χ1) is 34.6. The summed E-state index contributed by atoms with van der Waals surface area (Å²) < 4.78 is 56.6. The number of fused-ring (bicyclic) bond motifs is 10. The van der Waals surface area contributed by atoms with E-state index in [0.29, 0.717) is 17.1 Å². The first kappa shape index (κ1) is 35.3. The Kier molecular flexibility index (Phi) is 8.05. The maximum Gasteiger partial charge on any atom is 0.269 e. The number of rotatable bonds is 5. The van der Waals surface area contributed by atoms with Gasteiger partial charge in [0.05, 0.1) is 40.3 Å². The number of para-hydroxylation sites is 3. The summed E-state index contributed by atoms with van der Waals surface area (Å²) in [6, 6.07) is 52.6. The van der Waals surface area contributed by atoms with Crippen molar-refractivity contribution in [3.05, 3.63) is 212 Å². The number of nitrogens with zero attached hydrogens (tertiary/aromatic N) is 4. The number of imidazole rings is 1. The van der Waals surface area contributed by atoms with E-state index in [-0.39, 0.29) is 40.6 Å². The van der Waals surface area contributed by atoms with E-state index in [0.717, 1.165) is 89.0 Å². The Balaban J connectivity index is 1.05. The largest absolute Gasteiger partial charge is 0.458 e. The molecule has 8 aromatic carbocycles. The van der Waals surface area contributed by atoms with Crippen LogP contribution in [0.2, 0.25) is 0 Å². The highest BCUT2D eigenvalue weighted by atomic mass is 16.5. The Morgan fingerprint density at radius 2 is 1.22 bits per heavy atom. The van der Waals surface area contributed by atoms with Crippen LogP contribution in [-0.4, -0.2) is 14.1 Å². The summed E-state index contributed by atoms with van der Waals surface area (Å²) in [6.07, 6.45) is 5.76. The molecular weight excluding hydrogens is 817 g/mol. The van der Waals surface area contributed by atoms with E-state index in [1.807, 2.05) is 48.7 Å². The van der Waals surface area contributed by atoms with Crippen molar-refractivity contribution in [1.29, 1.82) is 0 Å². The number of hydrogen-bond acceptors (Lipinski definition) is 2. The number of pyridine rings is 1. The Morgan fingerprint density at radius 1 is 0.537 bits per heavy atom. The molecule has 0 spiro atoms. The van der Waals surface area contributed by atoms with E-state index in [1.54, 1.807) is 0 Å². The van der Waals surface area contributed by atoms with E-state index >= 15 is 0 Å². The molecule has 0 amide bonds. The van der Waals surface area contributed by atoms with Gasteiger partial charge >= 0.3 is 0 Å². The van der Waals surface area contributed by atoms with Crippen molar-refractivity contribution >= 4 is 32.8 Å². The van der Waals surface area contributed by atoms with E-state index in [9.17, 15) is 0 Å². The van der Waals surface area contributed by atoms with Crippen LogP contribution in [0.3, 0.4) is 0 Å². The normalized spacial score (nSPS) is 13.4. The second kappa shape index (κ2) is 15.3. The minimum absolute atomic E-state index is 0.0485. The van der Waals surface area contributed by atoms with Gasteiger partial charge in [-0.05, 0) is 121 Å². The predicted octanol–water partition coefficient (Wildman–Crippen LogP) is 15.6. The van der Waals surface area contributed by atoms with Gasteiger partial charge in [0.15, 0.2) is 0 Å². The van der Waals surface area contributed by atoms with Gasteiger partial charge in [-0.1, -0.05) is 169 Å². The fraction of sp³-hybridized carbons (Fsp3) is 0.129. The number of aromatic nitrogens is 4. The van der Waals surface area contributed by atoms with E-state index < -0.39 is 6.04 Å². The molecule has 0 saturated carbocycles. The molecule has 1 aliphatic heterocycles. The molecule has 0 bridgehead atoms. The van der Waals surface area contributed by atoms with Crippen molar-refractivity contribution in [3.63, 3.8) is 0 Å². The smallest absolute Gasteiger partial charge is 0.269 e. The van der Waals surface area contributed by atoms with Gasteiger partial charge in [-0.2, -0.15) is 0 Å². The minimum atomic E-state index is -0.418. The summed E-state index contributed by atoms with van der Waals surface area (Å²) in [4.78, 5) is 4.89. The zero-order valence-electron chi connectivity index (χ0n) is 43.3. The standard InChI is InChI=1S/C62H50N4O/c1-61(2,3)42-33-34-63-58(36-42)66-55-27-13-12-23-49(55)50-32-30-45(38-57(50)66)67-44-20-14-19-43(37-44)64-39-65-59-52(24-15-26-54(59)62(4,5)6)53-35-41(40-17-8-7-9-18-40)29-31-48(53)46-21-10-11-22-47(46)51-25-16-28-56(64)60(51)65/h7-38H,1-6H3/i7D,8D,9D,17D,18D. The molecule has 0 aliphatic carbocycles. The predicted molar refractivity (Wildman–Crippen MR) is 275 cm³/mol. The highest BCUT2D eigenvalue weighted by Crippen LogP contribution is 2.46. The van der Waals surface area contributed by atoms with Crippen LogP contribution in [0.25, 0.3) is 94.5 Å². The van der Waals surface area contributed by atoms with Crippen LogP contribution in [0.15, 0.2) is 194 Å². The van der Waals surface area contributed by atoms with Crippen LogP contribution in [0, 0.1) is 6.33 Å². The lowest BCUT2D eigenvalue weighted by Gasteiger charge is -2.26. The molecule has 5 heteroatoms. The number of ether oxygens (including phenoxy) is 1. The topological polar surface area (TPSA) is 35.9 Å².